The van der Waals surface area contributed by atoms with E-state index in [1.165, 1.54) is 0 Å². The molecule has 6 atom stereocenters. The number of nitrogens with zero attached hydrogens (tertiary/aromatic N) is 1. The highest BCUT2D eigenvalue weighted by molar-refractivity contribution is 5.91. The summed E-state index contributed by atoms with van der Waals surface area (Å²) >= 11 is 0. The second-order valence-corrected chi connectivity index (χ2v) is 8.41. The Bertz CT molecular complexity index is 519. The van der Waals surface area contributed by atoms with Gasteiger partial charge in [0.2, 0.25) is 0 Å². The van der Waals surface area contributed by atoms with Crippen LogP contribution in [-0.4, -0.2) is 33.2 Å². The molecule has 3 rings (SSSR count). The number of fused-ring (bicyclic) bond motifs is 3. The van der Waals surface area contributed by atoms with Crippen LogP contribution in [0.25, 0.3) is 0 Å². The zero-order chi connectivity index (χ0) is 16.8. The second kappa shape index (κ2) is 5.76. The Labute approximate surface area is 137 Å². The summed E-state index contributed by atoms with van der Waals surface area (Å²) in [4.78, 5) is 11.1. The predicted molar refractivity (Wildman–Crippen MR) is 86.5 cm³/mol. The van der Waals surface area contributed by atoms with Crippen molar-refractivity contribution in [2.75, 3.05) is 0 Å². The molecular formula is C18H29NO4. The van der Waals surface area contributed by atoms with Gasteiger partial charge in [-0.1, -0.05) is 19.0 Å². The summed E-state index contributed by atoms with van der Waals surface area (Å²) in [5, 5.41) is 32.6. The van der Waals surface area contributed by atoms with Gasteiger partial charge in [0.15, 0.2) is 0 Å². The van der Waals surface area contributed by atoms with Gasteiger partial charge in [-0.05, 0) is 68.1 Å². The maximum atomic E-state index is 11.1. The van der Waals surface area contributed by atoms with E-state index in [4.69, 9.17) is 5.11 Å². The number of aliphatic hydroxyl groups excluding tert-OH is 1. The molecule has 5 heteroatoms. The van der Waals surface area contributed by atoms with Crippen LogP contribution in [0.4, 0.5) is 0 Å². The fraction of sp³-hybridized carbons (Fsp3) is 0.889. The van der Waals surface area contributed by atoms with E-state index in [9.17, 15) is 15.1 Å². The molecule has 0 saturated heterocycles. The zero-order valence-corrected chi connectivity index (χ0v) is 14.2. The van der Waals surface area contributed by atoms with E-state index in [2.05, 4.69) is 19.0 Å². The third-order valence-corrected chi connectivity index (χ3v) is 7.56. The van der Waals surface area contributed by atoms with E-state index in [0.717, 1.165) is 44.2 Å². The van der Waals surface area contributed by atoms with Gasteiger partial charge in [0.05, 0.1) is 11.8 Å². The van der Waals surface area contributed by atoms with Crippen molar-refractivity contribution >= 4 is 11.7 Å². The Balaban J connectivity index is 1.89. The topological polar surface area (TPSA) is 90.1 Å². The van der Waals surface area contributed by atoms with Crippen LogP contribution < -0.4 is 0 Å². The first-order valence-electron chi connectivity index (χ1n) is 8.94. The van der Waals surface area contributed by atoms with Gasteiger partial charge < -0.3 is 15.4 Å². The second-order valence-electron chi connectivity index (χ2n) is 8.41. The molecule has 0 amide bonds. The predicted octanol–water partition coefficient (Wildman–Crippen LogP) is 3.28. The first kappa shape index (κ1) is 16.7. The maximum absolute atomic E-state index is 11.1. The highest BCUT2D eigenvalue weighted by Gasteiger charge is 2.58. The Kier molecular flexibility index (Phi) is 4.20. The highest BCUT2D eigenvalue weighted by atomic mass is 16.4. The summed E-state index contributed by atoms with van der Waals surface area (Å²) in [6.45, 7) is 4.33. The number of oxime groups is 1. The minimum absolute atomic E-state index is 0.0166. The van der Waals surface area contributed by atoms with E-state index in [1.807, 2.05) is 0 Å². The number of rotatable bonds is 3. The maximum Gasteiger partial charge on any atom is 0.303 e. The number of aliphatic hydroxyl groups is 1. The number of hydrogen-bond acceptors (Lipinski definition) is 4. The van der Waals surface area contributed by atoms with Gasteiger partial charge in [-0.2, -0.15) is 0 Å². The first-order chi connectivity index (χ1) is 10.8. The fourth-order valence-corrected chi connectivity index (χ4v) is 6.12. The molecule has 3 aliphatic rings. The van der Waals surface area contributed by atoms with Gasteiger partial charge in [0.25, 0.3) is 0 Å². The summed E-state index contributed by atoms with van der Waals surface area (Å²) in [7, 11) is 0. The Morgan fingerprint density at radius 3 is 2.61 bits per heavy atom. The lowest BCUT2D eigenvalue weighted by Crippen LogP contribution is -2.53. The SMILES string of the molecule is CC1(CCC(=O)O)/C(=N/O)CCC2C1CCC1(C)C(O)CCC21. The zero-order valence-electron chi connectivity index (χ0n) is 14.2. The monoisotopic (exact) mass is 323 g/mol. The van der Waals surface area contributed by atoms with E-state index in [-0.39, 0.29) is 23.4 Å². The van der Waals surface area contributed by atoms with Crippen molar-refractivity contribution in [2.45, 2.75) is 71.3 Å². The number of carboxylic acid groups (broad SMARTS) is 1. The number of carboxylic acids is 1. The molecule has 0 bridgehead atoms. The van der Waals surface area contributed by atoms with Gasteiger partial charge in [-0.25, -0.2) is 0 Å². The average Bonchev–Trinajstić information content (AvgIpc) is 2.81. The third kappa shape index (κ3) is 2.48. The quantitative estimate of drug-likeness (QED) is 0.549. The number of hydrogen-bond donors (Lipinski definition) is 3. The molecule has 0 heterocycles. The van der Waals surface area contributed by atoms with E-state index in [0.29, 0.717) is 24.2 Å². The van der Waals surface area contributed by atoms with E-state index < -0.39 is 5.97 Å². The molecule has 6 unspecified atom stereocenters. The molecule has 3 aliphatic carbocycles. The summed E-state index contributed by atoms with van der Waals surface area (Å²) in [6.07, 6.45) is 6.13. The minimum atomic E-state index is -0.789. The summed E-state index contributed by atoms with van der Waals surface area (Å²) < 4.78 is 0. The molecule has 3 saturated carbocycles. The van der Waals surface area contributed by atoms with Crippen LogP contribution >= 0.6 is 0 Å². The number of carbonyl (C=O) groups is 1. The molecule has 5 nitrogen and oxygen atoms in total. The van der Waals surface area contributed by atoms with Gasteiger partial charge in [0, 0.05) is 11.8 Å². The van der Waals surface area contributed by atoms with E-state index in [1.54, 1.807) is 0 Å². The lowest BCUT2D eigenvalue weighted by Gasteiger charge is -2.56. The van der Waals surface area contributed by atoms with Gasteiger partial charge in [0.1, 0.15) is 0 Å². The first-order valence-corrected chi connectivity index (χ1v) is 8.94. The highest BCUT2D eigenvalue weighted by Crippen LogP contribution is 2.62. The van der Waals surface area contributed by atoms with Crippen molar-refractivity contribution < 1.29 is 20.2 Å². The van der Waals surface area contributed by atoms with Gasteiger partial charge in [-0.15, -0.1) is 0 Å². The fourth-order valence-electron chi connectivity index (χ4n) is 6.12. The summed E-state index contributed by atoms with van der Waals surface area (Å²) in [5.74, 6) is 0.600. The van der Waals surface area contributed by atoms with Crippen LogP contribution in [0.15, 0.2) is 5.16 Å². The minimum Gasteiger partial charge on any atom is -0.481 e. The third-order valence-electron chi connectivity index (χ3n) is 7.56. The Morgan fingerprint density at radius 1 is 1.22 bits per heavy atom. The molecule has 3 N–H and O–H groups in total. The van der Waals surface area contributed by atoms with Crippen molar-refractivity contribution in [1.29, 1.82) is 0 Å². The summed E-state index contributed by atoms with van der Waals surface area (Å²) in [6, 6.07) is 0. The standard InChI is InChI=1S/C18H29NO4/c1-17(10-8-16(21)22)13-7-9-18(2)12(4-6-15(18)20)11(13)3-5-14(17)19-23/h11-13,15,20,23H,3-10H2,1-2H3,(H,21,22)/b19-14+. The van der Waals surface area contributed by atoms with Crippen molar-refractivity contribution in [1.82, 2.24) is 0 Å². The van der Waals surface area contributed by atoms with Crippen molar-refractivity contribution in [3.05, 3.63) is 0 Å². The molecule has 0 radical (unpaired) electrons. The Hall–Kier alpha value is -1.10. The van der Waals surface area contributed by atoms with Crippen LogP contribution in [0.2, 0.25) is 0 Å². The largest absolute Gasteiger partial charge is 0.481 e. The van der Waals surface area contributed by atoms with Crippen LogP contribution in [0.3, 0.4) is 0 Å². The molecular weight excluding hydrogens is 294 g/mol. The lowest BCUT2D eigenvalue weighted by molar-refractivity contribution is -0.138. The molecule has 23 heavy (non-hydrogen) atoms. The van der Waals surface area contributed by atoms with Crippen molar-refractivity contribution in [3.63, 3.8) is 0 Å². The van der Waals surface area contributed by atoms with Crippen molar-refractivity contribution in [3.8, 4) is 0 Å². The molecule has 130 valence electrons. The molecule has 0 aliphatic heterocycles. The lowest BCUT2D eigenvalue weighted by atomic mass is 9.49. The van der Waals surface area contributed by atoms with E-state index >= 15 is 0 Å². The smallest absolute Gasteiger partial charge is 0.303 e. The van der Waals surface area contributed by atoms with Gasteiger partial charge >= 0.3 is 5.97 Å². The van der Waals surface area contributed by atoms with Crippen LogP contribution in [-0.2, 0) is 4.79 Å². The Morgan fingerprint density at radius 2 is 1.96 bits per heavy atom. The van der Waals surface area contributed by atoms with Gasteiger partial charge in [-0.3, -0.25) is 4.79 Å². The van der Waals surface area contributed by atoms with Crippen LogP contribution in [0.1, 0.15) is 65.2 Å². The molecule has 0 aromatic heterocycles. The number of aliphatic carboxylic acids is 1. The summed E-state index contributed by atoms with van der Waals surface area (Å²) in [5.41, 5.74) is 0.468. The molecule has 0 spiro atoms. The van der Waals surface area contributed by atoms with Crippen molar-refractivity contribution in [2.24, 2.45) is 33.7 Å². The van der Waals surface area contributed by atoms with Crippen LogP contribution in [0.5, 0.6) is 0 Å². The molecule has 0 aromatic carbocycles. The average molecular weight is 323 g/mol. The normalized spacial score (nSPS) is 48.0. The molecule has 0 aromatic rings. The van der Waals surface area contributed by atoms with Crippen LogP contribution in [0, 0.1) is 28.6 Å². The molecule has 3 fully saturated rings.